The number of piperidine rings is 1. The number of nitrogens with zero attached hydrogens (tertiary/aromatic N) is 6. The van der Waals surface area contributed by atoms with Gasteiger partial charge in [0.25, 0.3) is 0 Å². The average Bonchev–Trinajstić information content (AvgIpc) is 3.16. The zero-order chi connectivity index (χ0) is 16.4. The first-order chi connectivity index (χ1) is 10.9. The molecular weight excluding hydrogens is 312 g/mol. The van der Waals surface area contributed by atoms with E-state index >= 15 is 0 Å². The first-order valence-electron chi connectivity index (χ1n) is 7.96. The van der Waals surface area contributed by atoms with Crippen molar-refractivity contribution in [1.29, 1.82) is 0 Å². The number of Topliss-reactive ketones (excluding diaryl/α,β-unsaturated/α-hetero) is 1. The van der Waals surface area contributed by atoms with Crippen LogP contribution in [0.1, 0.15) is 55.5 Å². The Hall–Kier alpha value is -1.83. The van der Waals surface area contributed by atoms with Crippen LogP contribution >= 0.6 is 11.3 Å². The van der Waals surface area contributed by atoms with Gasteiger partial charge in [-0.1, -0.05) is 32.1 Å². The lowest BCUT2D eigenvalue weighted by molar-refractivity contribution is 0.0968. The molecule has 1 aliphatic heterocycles. The summed E-state index contributed by atoms with van der Waals surface area (Å²) in [7, 11) is 0. The summed E-state index contributed by atoms with van der Waals surface area (Å²) in [4.78, 5) is 19.9. The van der Waals surface area contributed by atoms with Crippen LogP contribution < -0.4 is 4.90 Å². The molecule has 2 aromatic rings. The molecule has 0 N–H and O–H groups in total. The van der Waals surface area contributed by atoms with Crippen molar-refractivity contribution < 1.29 is 4.79 Å². The van der Waals surface area contributed by atoms with Crippen molar-refractivity contribution in [3.8, 4) is 0 Å². The van der Waals surface area contributed by atoms with Gasteiger partial charge in [-0.2, -0.15) is 0 Å². The second-order valence-corrected chi connectivity index (χ2v) is 7.90. The SMILES string of the molecule is CC(C)(C)c1nnnn1CC(=O)c1cnc(N2CCCCC2)s1. The summed E-state index contributed by atoms with van der Waals surface area (Å²) >= 11 is 1.47. The summed E-state index contributed by atoms with van der Waals surface area (Å²) in [5.74, 6) is 0.718. The number of carbonyl (C=O) groups excluding carboxylic acids is 1. The van der Waals surface area contributed by atoms with E-state index in [0.717, 1.165) is 18.2 Å². The quantitative estimate of drug-likeness (QED) is 0.799. The summed E-state index contributed by atoms with van der Waals surface area (Å²) in [6.07, 6.45) is 5.35. The lowest BCUT2D eigenvalue weighted by Gasteiger charge is -2.25. The molecule has 7 nitrogen and oxygen atoms in total. The molecule has 0 saturated carbocycles. The fourth-order valence-corrected chi connectivity index (χ4v) is 3.59. The van der Waals surface area contributed by atoms with Crippen LogP contribution in [0.25, 0.3) is 0 Å². The van der Waals surface area contributed by atoms with Gasteiger partial charge in [-0.25, -0.2) is 9.67 Å². The van der Waals surface area contributed by atoms with Gasteiger partial charge in [0.15, 0.2) is 16.7 Å². The molecule has 0 unspecified atom stereocenters. The molecular formula is C15H22N6OS. The molecule has 0 spiro atoms. The second kappa shape index (κ2) is 6.35. The second-order valence-electron chi connectivity index (χ2n) is 6.89. The van der Waals surface area contributed by atoms with E-state index < -0.39 is 0 Å². The molecule has 3 heterocycles. The lowest BCUT2D eigenvalue weighted by Crippen LogP contribution is -2.29. The number of tetrazole rings is 1. The molecule has 23 heavy (non-hydrogen) atoms. The fraction of sp³-hybridized carbons (Fsp3) is 0.667. The van der Waals surface area contributed by atoms with Crippen LogP contribution in [0.3, 0.4) is 0 Å². The lowest BCUT2D eigenvalue weighted by atomic mass is 9.96. The number of thiazole rings is 1. The van der Waals surface area contributed by atoms with Crippen molar-refractivity contribution in [2.75, 3.05) is 18.0 Å². The number of hydrogen-bond acceptors (Lipinski definition) is 7. The normalized spacial score (nSPS) is 15.9. The largest absolute Gasteiger partial charge is 0.348 e. The Bertz CT molecular complexity index is 680. The van der Waals surface area contributed by atoms with Crippen molar-refractivity contribution >= 4 is 22.3 Å². The minimum absolute atomic E-state index is 0.00330. The minimum atomic E-state index is -0.198. The summed E-state index contributed by atoms with van der Waals surface area (Å²) < 4.78 is 1.59. The molecule has 124 valence electrons. The van der Waals surface area contributed by atoms with Gasteiger partial charge in [0.1, 0.15) is 6.54 Å². The first-order valence-corrected chi connectivity index (χ1v) is 8.77. The molecule has 3 rings (SSSR count). The molecule has 0 aliphatic carbocycles. The van der Waals surface area contributed by atoms with Crippen molar-refractivity contribution in [3.05, 3.63) is 16.9 Å². The standard InChI is InChI=1S/C15H22N6OS/c1-15(2,3)13-17-18-19-21(13)10-11(22)12-9-16-14(23-12)20-7-5-4-6-8-20/h9H,4-8,10H2,1-3H3. The van der Waals surface area contributed by atoms with Crippen molar-refractivity contribution in [2.45, 2.75) is 52.0 Å². The van der Waals surface area contributed by atoms with Crippen LogP contribution in [-0.4, -0.2) is 44.1 Å². The summed E-state index contributed by atoms with van der Waals surface area (Å²) in [5, 5.41) is 12.6. The first kappa shape index (κ1) is 16.0. The molecule has 1 fully saturated rings. The number of rotatable bonds is 4. The summed E-state index contributed by atoms with van der Waals surface area (Å²) in [6.45, 7) is 8.30. The van der Waals surface area contributed by atoms with Crippen LogP contribution in [-0.2, 0) is 12.0 Å². The highest BCUT2D eigenvalue weighted by molar-refractivity contribution is 7.17. The van der Waals surface area contributed by atoms with Crippen molar-refractivity contribution in [2.24, 2.45) is 0 Å². The maximum absolute atomic E-state index is 12.5. The van der Waals surface area contributed by atoms with Crippen LogP contribution in [0.5, 0.6) is 0 Å². The highest BCUT2D eigenvalue weighted by atomic mass is 32.1. The molecule has 0 aromatic carbocycles. The summed E-state index contributed by atoms with van der Waals surface area (Å²) in [5.41, 5.74) is -0.198. The van der Waals surface area contributed by atoms with Crippen LogP contribution in [0, 0.1) is 0 Å². The van der Waals surface area contributed by atoms with Gasteiger partial charge < -0.3 is 4.90 Å². The topological polar surface area (TPSA) is 76.8 Å². The van der Waals surface area contributed by atoms with Gasteiger partial charge >= 0.3 is 0 Å². The predicted octanol–water partition coefficient (Wildman–Crippen LogP) is 2.30. The van der Waals surface area contributed by atoms with Crippen molar-refractivity contribution in [3.63, 3.8) is 0 Å². The Labute approximate surface area is 139 Å². The van der Waals surface area contributed by atoms with Gasteiger partial charge in [0.2, 0.25) is 0 Å². The van der Waals surface area contributed by atoms with E-state index in [1.165, 1.54) is 30.6 Å². The third-order valence-corrected chi connectivity index (χ3v) is 4.99. The zero-order valence-electron chi connectivity index (χ0n) is 13.8. The number of aromatic nitrogens is 5. The van der Waals surface area contributed by atoms with Gasteiger partial charge in [-0.15, -0.1) is 5.10 Å². The number of carbonyl (C=O) groups is 1. The smallest absolute Gasteiger partial charge is 0.196 e. The van der Waals surface area contributed by atoms with E-state index in [0.29, 0.717) is 10.7 Å². The van der Waals surface area contributed by atoms with Crippen LogP contribution in [0.2, 0.25) is 0 Å². The van der Waals surface area contributed by atoms with Gasteiger partial charge in [0.05, 0.1) is 11.1 Å². The van der Waals surface area contributed by atoms with E-state index in [1.807, 2.05) is 20.8 Å². The highest BCUT2D eigenvalue weighted by Crippen LogP contribution is 2.26. The van der Waals surface area contributed by atoms with E-state index in [2.05, 4.69) is 25.4 Å². The third kappa shape index (κ3) is 3.57. The van der Waals surface area contributed by atoms with E-state index in [4.69, 9.17) is 0 Å². The highest BCUT2D eigenvalue weighted by Gasteiger charge is 2.24. The maximum Gasteiger partial charge on any atom is 0.196 e. The van der Waals surface area contributed by atoms with E-state index in [-0.39, 0.29) is 17.7 Å². The molecule has 1 aliphatic rings. The molecule has 8 heteroatoms. The van der Waals surface area contributed by atoms with E-state index in [1.54, 1.807) is 10.9 Å². The fourth-order valence-electron chi connectivity index (χ4n) is 2.69. The molecule has 0 bridgehead atoms. The molecule has 2 aromatic heterocycles. The molecule has 0 atom stereocenters. The monoisotopic (exact) mass is 334 g/mol. The Morgan fingerprint density at radius 1 is 1.26 bits per heavy atom. The van der Waals surface area contributed by atoms with Crippen LogP contribution in [0.15, 0.2) is 6.20 Å². The number of anilines is 1. The van der Waals surface area contributed by atoms with Gasteiger partial charge in [-0.3, -0.25) is 4.79 Å². The number of ketones is 1. The predicted molar refractivity (Wildman–Crippen MR) is 89.0 cm³/mol. The summed E-state index contributed by atoms with van der Waals surface area (Å²) in [6, 6.07) is 0. The molecule has 0 amide bonds. The minimum Gasteiger partial charge on any atom is -0.348 e. The Morgan fingerprint density at radius 3 is 2.70 bits per heavy atom. The maximum atomic E-state index is 12.5. The Kier molecular flexibility index (Phi) is 4.43. The average molecular weight is 334 g/mol. The molecule has 1 saturated heterocycles. The van der Waals surface area contributed by atoms with Crippen molar-refractivity contribution in [1.82, 2.24) is 25.2 Å². The zero-order valence-corrected chi connectivity index (χ0v) is 14.6. The van der Waals surface area contributed by atoms with Crippen LogP contribution in [0.4, 0.5) is 5.13 Å². The Morgan fingerprint density at radius 2 is 2.00 bits per heavy atom. The number of hydrogen-bond donors (Lipinski definition) is 0. The van der Waals surface area contributed by atoms with E-state index in [9.17, 15) is 4.79 Å². The Balaban J connectivity index is 1.72. The van der Waals surface area contributed by atoms with Gasteiger partial charge in [-0.05, 0) is 29.7 Å². The third-order valence-electron chi connectivity index (χ3n) is 3.89. The van der Waals surface area contributed by atoms with Gasteiger partial charge in [0, 0.05) is 18.5 Å². The molecule has 0 radical (unpaired) electrons.